The average molecular weight is 492 g/mol. The Labute approximate surface area is 207 Å². The van der Waals surface area contributed by atoms with Gasteiger partial charge in [-0.25, -0.2) is 4.98 Å². The van der Waals surface area contributed by atoms with E-state index in [4.69, 9.17) is 9.47 Å². The predicted octanol–water partition coefficient (Wildman–Crippen LogP) is 3.80. The highest BCUT2D eigenvalue weighted by Gasteiger charge is 2.36. The van der Waals surface area contributed by atoms with Crippen LogP contribution in [0.25, 0.3) is 11.3 Å². The average Bonchev–Trinajstić information content (AvgIpc) is 3.44. The van der Waals surface area contributed by atoms with Crippen LogP contribution in [0.3, 0.4) is 0 Å². The zero-order valence-corrected chi connectivity index (χ0v) is 20.3. The van der Waals surface area contributed by atoms with Crippen molar-refractivity contribution in [2.45, 2.75) is 25.9 Å². The molecule has 1 unspecified atom stereocenters. The minimum absolute atomic E-state index is 0.156. The Balaban J connectivity index is 1.33. The van der Waals surface area contributed by atoms with Crippen LogP contribution in [0.5, 0.6) is 5.75 Å². The summed E-state index contributed by atoms with van der Waals surface area (Å²) in [5.74, 6) is -0.113. The summed E-state index contributed by atoms with van der Waals surface area (Å²) in [4.78, 5) is 46.0. The fourth-order valence-corrected chi connectivity index (χ4v) is 5.16. The zero-order chi connectivity index (χ0) is 24.5. The van der Waals surface area contributed by atoms with E-state index in [1.165, 1.54) is 4.90 Å². The second-order valence-corrected chi connectivity index (χ2v) is 9.41. The third-order valence-electron chi connectivity index (χ3n) is 6.18. The van der Waals surface area contributed by atoms with Crippen molar-refractivity contribution < 1.29 is 23.9 Å². The largest absolute Gasteiger partial charge is 0.479 e. The molecule has 1 aromatic heterocycles. The summed E-state index contributed by atoms with van der Waals surface area (Å²) in [6.45, 7) is 2.92. The van der Waals surface area contributed by atoms with Crippen LogP contribution in [0.15, 0.2) is 47.8 Å². The molecule has 0 N–H and O–H groups in total. The second-order valence-electron chi connectivity index (χ2n) is 8.46. The van der Waals surface area contributed by atoms with Crippen molar-refractivity contribution in [3.63, 3.8) is 0 Å². The summed E-state index contributed by atoms with van der Waals surface area (Å²) >= 11 is 1.57. The molecule has 0 radical (unpaired) electrons. The van der Waals surface area contributed by atoms with Gasteiger partial charge in [0.25, 0.3) is 17.7 Å². The zero-order valence-electron chi connectivity index (χ0n) is 19.5. The molecule has 180 valence electrons. The first-order valence-electron chi connectivity index (χ1n) is 11.5. The van der Waals surface area contributed by atoms with Gasteiger partial charge in [0.15, 0.2) is 6.10 Å². The molecular weight excluding hydrogens is 466 g/mol. The lowest BCUT2D eigenvalue weighted by Crippen LogP contribution is -2.45. The first-order valence-corrected chi connectivity index (χ1v) is 12.4. The molecule has 3 heterocycles. The van der Waals surface area contributed by atoms with Crippen molar-refractivity contribution in [3.8, 4) is 17.0 Å². The molecule has 9 heteroatoms. The van der Waals surface area contributed by atoms with Gasteiger partial charge in [-0.3, -0.25) is 19.3 Å². The molecule has 0 saturated carbocycles. The molecule has 8 nitrogen and oxygen atoms in total. The number of ether oxygens (including phenoxy) is 2. The smallest absolute Gasteiger partial charge is 0.267 e. The van der Waals surface area contributed by atoms with E-state index in [0.29, 0.717) is 42.1 Å². The number of hydrogen-bond acceptors (Lipinski definition) is 7. The van der Waals surface area contributed by atoms with E-state index in [2.05, 4.69) is 4.98 Å². The third kappa shape index (κ3) is 4.33. The number of carbonyl (C=O) groups is 3. The van der Waals surface area contributed by atoms with Gasteiger partial charge in [0, 0.05) is 37.6 Å². The Kier molecular flexibility index (Phi) is 6.36. The molecule has 0 bridgehead atoms. The summed E-state index contributed by atoms with van der Waals surface area (Å²) in [5, 5.41) is 2.98. The Morgan fingerprint density at radius 3 is 2.46 bits per heavy atom. The van der Waals surface area contributed by atoms with E-state index in [-0.39, 0.29) is 24.3 Å². The number of nitrogens with zero attached hydrogens (tertiary/aromatic N) is 3. The van der Waals surface area contributed by atoms with Crippen molar-refractivity contribution in [3.05, 3.63) is 64.0 Å². The van der Waals surface area contributed by atoms with Gasteiger partial charge in [-0.05, 0) is 43.7 Å². The van der Waals surface area contributed by atoms with Crippen LogP contribution >= 0.6 is 11.3 Å². The monoisotopic (exact) mass is 491 g/mol. The molecule has 0 fully saturated rings. The number of imide groups is 1. The molecule has 0 spiro atoms. The van der Waals surface area contributed by atoms with Crippen LogP contribution in [-0.4, -0.2) is 60.5 Å². The highest BCUT2D eigenvalue weighted by molar-refractivity contribution is 7.09. The molecule has 3 aromatic rings. The molecule has 2 aliphatic rings. The van der Waals surface area contributed by atoms with Crippen molar-refractivity contribution in [1.29, 1.82) is 0 Å². The molecule has 1 atom stereocenters. The molecular formula is C26H25N3O5S. The number of fused-ring (bicyclic) bond motifs is 2. The molecule has 2 aliphatic heterocycles. The summed E-state index contributed by atoms with van der Waals surface area (Å²) < 4.78 is 11.0. The maximum absolute atomic E-state index is 13.0. The van der Waals surface area contributed by atoms with Crippen LogP contribution in [-0.2, 0) is 16.0 Å². The topological polar surface area (TPSA) is 89.0 Å². The number of amides is 3. The first-order chi connectivity index (χ1) is 17.0. The van der Waals surface area contributed by atoms with E-state index in [9.17, 15) is 14.4 Å². The van der Waals surface area contributed by atoms with Gasteiger partial charge in [0.05, 0.1) is 34.1 Å². The van der Waals surface area contributed by atoms with E-state index in [0.717, 1.165) is 22.7 Å². The van der Waals surface area contributed by atoms with E-state index >= 15 is 0 Å². The minimum atomic E-state index is -0.618. The van der Waals surface area contributed by atoms with Crippen LogP contribution in [0.1, 0.15) is 39.1 Å². The Hall–Kier alpha value is -3.56. The Morgan fingerprint density at radius 1 is 1.03 bits per heavy atom. The summed E-state index contributed by atoms with van der Waals surface area (Å²) in [5.41, 5.74) is 3.24. The maximum Gasteiger partial charge on any atom is 0.267 e. The van der Waals surface area contributed by atoms with Crippen molar-refractivity contribution in [2.75, 3.05) is 31.7 Å². The van der Waals surface area contributed by atoms with E-state index < -0.39 is 6.10 Å². The highest BCUT2D eigenvalue weighted by atomic mass is 32.1. The predicted molar refractivity (Wildman–Crippen MR) is 132 cm³/mol. The fourth-order valence-electron chi connectivity index (χ4n) is 4.37. The Bertz CT molecular complexity index is 1270. The van der Waals surface area contributed by atoms with Gasteiger partial charge in [-0.15, -0.1) is 11.3 Å². The Morgan fingerprint density at radius 2 is 1.74 bits per heavy atom. The number of hydrogen-bond donors (Lipinski definition) is 0. The SMILES string of the molecule is COCCc1nc(-c2ccc3c(c2)N(CCCN2C(=O)c4ccccc4C2=O)C(=O)C(C)O3)cs1. The van der Waals surface area contributed by atoms with Crippen LogP contribution < -0.4 is 9.64 Å². The molecule has 2 aromatic carbocycles. The molecule has 3 amide bonds. The summed E-state index contributed by atoms with van der Waals surface area (Å²) in [6, 6.07) is 12.5. The highest BCUT2D eigenvalue weighted by Crippen LogP contribution is 2.38. The van der Waals surface area contributed by atoms with Crippen molar-refractivity contribution >= 4 is 34.7 Å². The first kappa shape index (κ1) is 23.2. The number of aromatic nitrogens is 1. The minimum Gasteiger partial charge on any atom is -0.479 e. The summed E-state index contributed by atoms with van der Waals surface area (Å²) in [7, 11) is 1.67. The van der Waals surface area contributed by atoms with Gasteiger partial charge < -0.3 is 14.4 Å². The lowest BCUT2D eigenvalue weighted by molar-refractivity contribution is -0.125. The van der Waals surface area contributed by atoms with Crippen molar-refractivity contribution in [1.82, 2.24) is 9.88 Å². The van der Waals surface area contributed by atoms with Gasteiger partial charge in [0.2, 0.25) is 0 Å². The standard InChI is InChI=1S/C26H25N3O5S/c1-16-24(30)28(11-5-12-29-25(31)18-6-3-4-7-19(18)26(29)32)21-14-17(8-9-22(21)34-16)20-15-35-23(27-20)10-13-33-2/h3-4,6-9,14-16H,5,10-13H2,1-2H3. The fraction of sp³-hybridized carbons (Fsp3) is 0.308. The van der Waals surface area contributed by atoms with Crippen LogP contribution in [0, 0.1) is 0 Å². The number of methoxy groups -OCH3 is 1. The van der Waals surface area contributed by atoms with E-state index in [1.54, 1.807) is 54.5 Å². The molecule has 0 aliphatic carbocycles. The molecule has 35 heavy (non-hydrogen) atoms. The molecule has 0 saturated heterocycles. The lowest BCUT2D eigenvalue weighted by Gasteiger charge is -2.33. The van der Waals surface area contributed by atoms with Gasteiger partial charge in [-0.2, -0.15) is 0 Å². The lowest BCUT2D eigenvalue weighted by atomic mass is 10.1. The third-order valence-corrected chi connectivity index (χ3v) is 7.09. The van der Waals surface area contributed by atoms with Crippen LogP contribution in [0.2, 0.25) is 0 Å². The normalized spacial score (nSPS) is 17.0. The van der Waals surface area contributed by atoms with Crippen LogP contribution in [0.4, 0.5) is 5.69 Å². The quantitative estimate of drug-likeness (QED) is 0.446. The van der Waals surface area contributed by atoms with Gasteiger partial charge in [-0.1, -0.05) is 12.1 Å². The van der Waals surface area contributed by atoms with Gasteiger partial charge in [0.1, 0.15) is 5.75 Å². The van der Waals surface area contributed by atoms with Crippen molar-refractivity contribution in [2.24, 2.45) is 0 Å². The number of anilines is 1. The number of benzene rings is 2. The maximum atomic E-state index is 13.0. The number of rotatable bonds is 8. The number of carbonyl (C=O) groups excluding carboxylic acids is 3. The molecule has 5 rings (SSSR count). The number of thiazole rings is 1. The second kappa shape index (κ2) is 9.59. The van der Waals surface area contributed by atoms with E-state index in [1.807, 2.05) is 23.6 Å². The van der Waals surface area contributed by atoms with Gasteiger partial charge >= 0.3 is 0 Å². The summed E-state index contributed by atoms with van der Waals surface area (Å²) in [6.07, 6.45) is 0.577.